The Labute approximate surface area is 136 Å². The van der Waals surface area contributed by atoms with Crippen LogP contribution in [-0.2, 0) is 4.79 Å². The molecule has 2 amide bonds. The first-order valence-corrected chi connectivity index (χ1v) is 8.25. The molecule has 7 nitrogen and oxygen atoms in total. The van der Waals surface area contributed by atoms with Crippen molar-refractivity contribution in [1.82, 2.24) is 20.1 Å². The molecule has 1 N–H and O–H groups in total. The van der Waals surface area contributed by atoms with Gasteiger partial charge in [0.1, 0.15) is 0 Å². The van der Waals surface area contributed by atoms with Gasteiger partial charge in [-0.2, -0.15) is 0 Å². The molecule has 2 aliphatic rings. The van der Waals surface area contributed by atoms with Gasteiger partial charge in [-0.1, -0.05) is 0 Å². The summed E-state index contributed by atoms with van der Waals surface area (Å²) in [5, 5.41) is 3.11. The van der Waals surface area contributed by atoms with Crippen LogP contribution < -0.4 is 5.32 Å². The molecule has 3 heterocycles. The molecule has 23 heavy (non-hydrogen) atoms. The number of fused-ring (bicyclic) bond motifs is 1. The molecule has 0 saturated carbocycles. The van der Waals surface area contributed by atoms with Gasteiger partial charge < -0.3 is 19.5 Å². The lowest BCUT2D eigenvalue weighted by atomic mass is 9.83. The van der Waals surface area contributed by atoms with Crippen LogP contribution in [-0.4, -0.2) is 65.9 Å². The summed E-state index contributed by atoms with van der Waals surface area (Å²) in [4.78, 5) is 32.6. The molecular formula is C16H24N4O3. The highest BCUT2D eigenvalue weighted by Crippen LogP contribution is 2.31. The molecule has 1 aromatic heterocycles. The number of hydrogen-bond acceptors (Lipinski definition) is 5. The molecule has 0 bridgehead atoms. The van der Waals surface area contributed by atoms with E-state index in [9.17, 15) is 9.59 Å². The van der Waals surface area contributed by atoms with E-state index < -0.39 is 0 Å². The minimum atomic E-state index is -0.0860. The third-order valence-corrected chi connectivity index (χ3v) is 4.97. The quantitative estimate of drug-likeness (QED) is 0.881. The molecule has 2 atom stereocenters. The molecule has 126 valence electrons. The molecule has 0 unspecified atom stereocenters. The maximum atomic E-state index is 12.6. The number of likely N-dealkylation sites (tertiary alicyclic amines) is 2. The van der Waals surface area contributed by atoms with Crippen LogP contribution in [0.15, 0.2) is 10.8 Å². The Bertz CT molecular complexity index is 586. The van der Waals surface area contributed by atoms with Gasteiger partial charge in [-0.15, -0.1) is 0 Å². The third-order valence-electron chi connectivity index (χ3n) is 4.97. The fourth-order valence-electron chi connectivity index (χ4n) is 3.71. The summed E-state index contributed by atoms with van der Waals surface area (Å²) in [5.74, 6) is 0.845. The van der Waals surface area contributed by atoms with E-state index in [-0.39, 0.29) is 17.9 Å². The first kappa shape index (κ1) is 16.0. The predicted molar refractivity (Wildman–Crippen MR) is 83.9 cm³/mol. The second-order valence-electron chi connectivity index (χ2n) is 6.36. The monoisotopic (exact) mass is 320 g/mol. The van der Waals surface area contributed by atoms with Crippen molar-refractivity contribution < 1.29 is 14.0 Å². The van der Waals surface area contributed by atoms with Crippen molar-refractivity contribution in [3.63, 3.8) is 0 Å². The van der Waals surface area contributed by atoms with Gasteiger partial charge in [0.25, 0.3) is 5.91 Å². The Balaban J connectivity index is 1.68. The summed E-state index contributed by atoms with van der Waals surface area (Å²) in [6.07, 6.45) is 3.58. The number of rotatable bonds is 4. The molecule has 2 saturated heterocycles. The number of nitrogens with zero attached hydrogens (tertiary/aromatic N) is 3. The fourth-order valence-corrected chi connectivity index (χ4v) is 3.71. The summed E-state index contributed by atoms with van der Waals surface area (Å²) in [5.41, 5.74) is 0.631. The van der Waals surface area contributed by atoms with Gasteiger partial charge in [0.05, 0.1) is 5.69 Å². The van der Waals surface area contributed by atoms with E-state index in [0.717, 1.165) is 25.9 Å². The van der Waals surface area contributed by atoms with Crippen LogP contribution in [0.25, 0.3) is 0 Å². The van der Waals surface area contributed by atoms with E-state index in [1.54, 1.807) is 6.92 Å². The predicted octanol–water partition coefficient (Wildman–Crippen LogP) is 0.656. The van der Waals surface area contributed by atoms with Gasteiger partial charge in [0, 0.05) is 38.6 Å². The molecule has 0 spiro atoms. The lowest BCUT2D eigenvalue weighted by molar-refractivity contribution is -0.140. The standard InChI is InChI=1S/C16H24N4O3/c1-11-15(23-10-18-11)16(22)19-7-5-13-12(9-19)3-4-14(21)20(13)8-6-17-2/h10,12-13,17H,3-9H2,1-2H3/t12-,13+/m0/s1. The largest absolute Gasteiger partial charge is 0.438 e. The zero-order valence-corrected chi connectivity index (χ0v) is 13.7. The number of aryl methyl sites for hydroxylation is 1. The third kappa shape index (κ3) is 3.10. The molecule has 1 aromatic rings. The van der Waals surface area contributed by atoms with E-state index in [4.69, 9.17) is 4.42 Å². The number of amides is 2. The van der Waals surface area contributed by atoms with Gasteiger partial charge in [0.15, 0.2) is 6.39 Å². The second kappa shape index (κ2) is 6.70. The number of likely N-dealkylation sites (N-methyl/N-ethyl adjacent to an activating group) is 1. The molecule has 2 aliphatic heterocycles. The van der Waals surface area contributed by atoms with E-state index in [2.05, 4.69) is 10.3 Å². The first-order chi connectivity index (χ1) is 11.1. The van der Waals surface area contributed by atoms with E-state index >= 15 is 0 Å². The maximum Gasteiger partial charge on any atom is 0.291 e. The van der Waals surface area contributed by atoms with Crippen LogP contribution >= 0.6 is 0 Å². The Kier molecular flexibility index (Phi) is 4.66. The Morgan fingerprint density at radius 3 is 3.00 bits per heavy atom. The first-order valence-electron chi connectivity index (χ1n) is 8.25. The molecule has 0 aromatic carbocycles. The van der Waals surface area contributed by atoms with Gasteiger partial charge >= 0.3 is 0 Å². The highest BCUT2D eigenvalue weighted by molar-refractivity contribution is 5.92. The van der Waals surface area contributed by atoms with Crippen LogP contribution in [0.3, 0.4) is 0 Å². The smallest absolute Gasteiger partial charge is 0.291 e. The number of piperidine rings is 2. The summed E-state index contributed by atoms with van der Waals surface area (Å²) in [6, 6.07) is 0.254. The topological polar surface area (TPSA) is 78.7 Å². The van der Waals surface area contributed by atoms with E-state index in [1.165, 1.54) is 6.39 Å². The molecule has 2 fully saturated rings. The second-order valence-corrected chi connectivity index (χ2v) is 6.36. The van der Waals surface area contributed by atoms with Crippen LogP contribution in [0.5, 0.6) is 0 Å². The van der Waals surface area contributed by atoms with Crippen molar-refractivity contribution in [3.8, 4) is 0 Å². The van der Waals surface area contributed by atoms with Crippen LogP contribution in [0.2, 0.25) is 0 Å². The molecule has 0 radical (unpaired) electrons. The highest BCUT2D eigenvalue weighted by atomic mass is 16.3. The van der Waals surface area contributed by atoms with Gasteiger partial charge in [-0.3, -0.25) is 9.59 Å². The van der Waals surface area contributed by atoms with Gasteiger partial charge in [0.2, 0.25) is 11.7 Å². The number of oxazole rings is 1. The maximum absolute atomic E-state index is 12.6. The minimum absolute atomic E-state index is 0.0860. The molecule has 0 aliphatic carbocycles. The highest BCUT2D eigenvalue weighted by Gasteiger charge is 2.40. The Morgan fingerprint density at radius 1 is 1.48 bits per heavy atom. The number of aromatic nitrogens is 1. The fraction of sp³-hybridized carbons (Fsp3) is 0.688. The Morgan fingerprint density at radius 2 is 2.30 bits per heavy atom. The van der Waals surface area contributed by atoms with Crippen molar-refractivity contribution in [3.05, 3.63) is 17.8 Å². The average Bonchev–Trinajstić information content (AvgIpc) is 2.99. The SMILES string of the molecule is CNCCN1C(=O)CC[C@H]2CN(C(=O)c3ocnc3C)CC[C@H]21. The molecular weight excluding hydrogens is 296 g/mol. The Hall–Kier alpha value is -1.89. The van der Waals surface area contributed by atoms with Crippen LogP contribution in [0.1, 0.15) is 35.5 Å². The summed E-state index contributed by atoms with van der Waals surface area (Å²) < 4.78 is 5.23. The lowest BCUT2D eigenvalue weighted by Gasteiger charge is -2.47. The summed E-state index contributed by atoms with van der Waals surface area (Å²) in [6.45, 7) is 4.67. The average molecular weight is 320 g/mol. The van der Waals surface area contributed by atoms with Crippen LogP contribution in [0, 0.1) is 12.8 Å². The number of carbonyl (C=O) groups is 2. The molecule has 3 rings (SSSR count). The number of carbonyl (C=O) groups excluding carboxylic acids is 2. The van der Waals surface area contributed by atoms with Crippen molar-refractivity contribution in [2.45, 2.75) is 32.2 Å². The van der Waals surface area contributed by atoms with Crippen molar-refractivity contribution in [1.29, 1.82) is 0 Å². The zero-order valence-electron chi connectivity index (χ0n) is 13.7. The van der Waals surface area contributed by atoms with E-state index in [1.807, 2.05) is 16.8 Å². The summed E-state index contributed by atoms with van der Waals surface area (Å²) >= 11 is 0. The lowest BCUT2D eigenvalue weighted by Crippen LogP contribution is -2.57. The molecule has 7 heteroatoms. The van der Waals surface area contributed by atoms with Gasteiger partial charge in [-0.05, 0) is 32.7 Å². The number of hydrogen-bond donors (Lipinski definition) is 1. The normalized spacial score (nSPS) is 24.7. The van der Waals surface area contributed by atoms with Gasteiger partial charge in [-0.25, -0.2) is 4.98 Å². The van der Waals surface area contributed by atoms with Crippen molar-refractivity contribution in [2.24, 2.45) is 5.92 Å². The van der Waals surface area contributed by atoms with Crippen molar-refractivity contribution in [2.75, 3.05) is 33.2 Å². The number of nitrogens with one attached hydrogen (secondary N) is 1. The summed E-state index contributed by atoms with van der Waals surface area (Å²) in [7, 11) is 1.90. The minimum Gasteiger partial charge on any atom is -0.438 e. The van der Waals surface area contributed by atoms with Crippen molar-refractivity contribution >= 4 is 11.8 Å². The zero-order chi connectivity index (χ0) is 16.4. The van der Waals surface area contributed by atoms with E-state index in [0.29, 0.717) is 36.9 Å². The van der Waals surface area contributed by atoms with Crippen LogP contribution in [0.4, 0.5) is 0 Å².